The van der Waals surface area contributed by atoms with E-state index >= 15 is 0 Å². The zero-order valence-corrected chi connectivity index (χ0v) is 86.6. The molecule has 0 radical (unpaired) electrons. The zero-order chi connectivity index (χ0) is 101. The Hall–Kier alpha value is -12.7. The van der Waals surface area contributed by atoms with Crippen molar-refractivity contribution in [1.82, 2.24) is 49.9 Å². The van der Waals surface area contributed by atoms with E-state index in [1.165, 1.54) is 155 Å². The summed E-state index contributed by atoms with van der Waals surface area (Å²) in [4.78, 5) is 154. The first-order valence-electron chi connectivity index (χ1n) is 51.7. The molecule has 3 saturated heterocycles. The molecule has 18 rings (SSSR count). The van der Waals surface area contributed by atoms with Crippen LogP contribution in [-0.4, -0.2) is 157 Å². The third-order valence-electron chi connectivity index (χ3n) is 30.2. The Bertz CT molecular complexity index is 6420. The molecule has 9 heterocycles. The van der Waals surface area contributed by atoms with Crippen molar-refractivity contribution in [2.75, 3.05) is 26.2 Å². The molecule has 144 heavy (non-hydrogen) atoms. The van der Waals surface area contributed by atoms with E-state index in [0.717, 1.165) is 99.6 Å². The molecule has 3 saturated carbocycles. The molecule has 4 amide bonds. The number of thiophene rings is 3. The number of likely N-dealkylation sites (tertiary alicyclic amines) is 3. The van der Waals surface area contributed by atoms with Gasteiger partial charge in [-0.3, -0.25) is 33.6 Å². The van der Waals surface area contributed by atoms with Crippen LogP contribution in [0.5, 0.6) is 0 Å². The minimum Gasteiger partial charge on any atom is -0.481 e. The summed E-state index contributed by atoms with van der Waals surface area (Å²) in [6.45, 7) is 20.4. The lowest BCUT2D eigenvalue weighted by Crippen LogP contribution is -2.59. The summed E-state index contributed by atoms with van der Waals surface area (Å²) in [5.41, 5.74) is 15.5. The van der Waals surface area contributed by atoms with Crippen molar-refractivity contribution in [3.63, 3.8) is 0 Å². The molecule has 6 fully saturated rings. The number of rotatable bonds is 32. The molecular formula is C119H134N10O12S3. The number of aromatic nitrogens is 6. The van der Waals surface area contributed by atoms with E-state index in [-0.39, 0.29) is 78.4 Å². The average Bonchev–Trinajstić information content (AvgIpc) is 1.14. The van der Waals surface area contributed by atoms with Gasteiger partial charge in [0.2, 0.25) is 17.7 Å². The number of carbonyl (C=O) groups excluding carboxylic acids is 6. The van der Waals surface area contributed by atoms with Crippen molar-refractivity contribution in [2.45, 2.75) is 263 Å². The predicted octanol–water partition coefficient (Wildman–Crippen LogP) is 24.7. The van der Waals surface area contributed by atoms with E-state index < -0.39 is 53.8 Å². The van der Waals surface area contributed by atoms with Gasteiger partial charge in [-0.05, 0) is 236 Å². The molecule has 750 valence electrons. The molecule has 5 atom stereocenters. The van der Waals surface area contributed by atoms with Crippen molar-refractivity contribution >= 4 is 87.1 Å². The summed E-state index contributed by atoms with van der Waals surface area (Å²) in [5, 5.41) is 31.7. The van der Waals surface area contributed by atoms with E-state index in [4.69, 9.17) is 0 Å². The third-order valence-corrected chi connectivity index (χ3v) is 34.5. The molecule has 3 aliphatic carbocycles. The molecule has 3 aliphatic heterocycles. The van der Waals surface area contributed by atoms with Gasteiger partial charge in [0.05, 0.1) is 20.5 Å². The number of Topliss-reactive ketones (excluding diaryl/α,β-unsaturated/α-hetero) is 2. The highest BCUT2D eigenvalue weighted by molar-refractivity contribution is 7.14. The van der Waals surface area contributed by atoms with E-state index in [1.54, 1.807) is 6.07 Å². The Morgan fingerprint density at radius 3 is 1.02 bits per heavy atom. The normalized spacial score (nSPS) is 18.8. The molecule has 0 unspecified atom stereocenters. The van der Waals surface area contributed by atoms with Crippen molar-refractivity contribution in [3.05, 3.63) is 282 Å². The fourth-order valence-corrected chi connectivity index (χ4v) is 24.0. The summed E-state index contributed by atoms with van der Waals surface area (Å²) in [7, 11) is 0. The fourth-order valence-electron chi connectivity index (χ4n) is 21.1. The number of ketones is 2. The van der Waals surface area contributed by atoms with Gasteiger partial charge in [-0.1, -0.05) is 234 Å². The maximum atomic E-state index is 13.8. The molecule has 25 heteroatoms. The van der Waals surface area contributed by atoms with Crippen LogP contribution in [0.3, 0.4) is 0 Å². The molecule has 4 N–H and O–H groups in total. The van der Waals surface area contributed by atoms with Crippen LogP contribution < -0.4 is 5.32 Å². The predicted molar refractivity (Wildman–Crippen MR) is 569 cm³/mol. The molecule has 6 aromatic heterocycles. The minimum atomic E-state index is -0.995. The monoisotopic (exact) mass is 1990 g/mol. The molecule has 22 nitrogen and oxygen atoms in total. The van der Waals surface area contributed by atoms with E-state index in [9.17, 15) is 58.5 Å². The number of aryl methyl sites for hydroxylation is 1. The van der Waals surface area contributed by atoms with Gasteiger partial charge in [-0.2, -0.15) is 0 Å². The van der Waals surface area contributed by atoms with Gasteiger partial charge in [0.15, 0.2) is 29.0 Å². The molecule has 6 aromatic carbocycles. The lowest BCUT2D eigenvalue weighted by Gasteiger charge is -2.38. The second-order valence-corrected chi connectivity index (χ2v) is 45.5. The highest BCUT2D eigenvalue weighted by Gasteiger charge is 2.43. The fraction of sp³-hybridized carbons (Fsp3) is 0.420. The maximum absolute atomic E-state index is 13.8. The number of nitrogens with zero attached hydrogens (tertiary/aromatic N) is 9. The summed E-state index contributed by atoms with van der Waals surface area (Å²) < 4.78 is 0. The van der Waals surface area contributed by atoms with Crippen LogP contribution in [-0.2, 0) is 65.3 Å². The SMILES string of the molecule is CC(C)(C)c1ccc(C(=O)C[C@@H](Cc2ccc(-c3ncc(-c4ccc(C5CCCC5)cc4)cn3)cc2)C(=O)N2CCC[C@H]2C(=O)O)s1.CCC1CCC(c2ccc(-c3cnc(-c4ccc(C[C@H](CC(=O)c5ccc(C(C)(C)C)s5)C(=O)N5CCC[C@H]5C(=O)O)cc4)nc3)cc2)CC1.CCc1ccc(C(=O)N[C@@H](Cc2ccc(-c3ncc(-c4ccc(C5CCC(CC)CC5)cc4)cn3)cc2)C(=O)N2CC(C(=O)O)C2)s1. The van der Waals surface area contributed by atoms with Gasteiger partial charge in [0.1, 0.15) is 18.1 Å². The average molecular weight is 1990 g/mol. The number of hydrogen-bond donors (Lipinski definition) is 4. The molecule has 0 spiro atoms. The van der Waals surface area contributed by atoms with Gasteiger partial charge in [-0.25, -0.2) is 39.5 Å². The van der Waals surface area contributed by atoms with Crippen molar-refractivity contribution < 1.29 is 58.5 Å². The third kappa shape index (κ3) is 26.1. The van der Waals surface area contributed by atoms with Crippen LogP contribution in [0.25, 0.3) is 67.5 Å². The quantitative estimate of drug-likeness (QED) is 0.0285. The van der Waals surface area contributed by atoms with E-state index in [0.29, 0.717) is 101 Å². The summed E-state index contributed by atoms with van der Waals surface area (Å²) in [6, 6.07) is 58.6. The summed E-state index contributed by atoms with van der Waals surface area (Å²) in [6.07, 6.45) is 33.3. The summed E-state index contributed by atoms with van der Waals surface area (Å²) in [5.74, 6) is -0.479. The van der Waals surface area contributed by atoms with Crippen LogP contribution in [0.15, 0.2) is 219 Å². The largest absolute Gasteiger partial charge is 0.481 e. The highest BCUT2D eigenvalue weighted by atomic mass is 32.1. The lowest BCUT2D eigenvalue weighted by atomic mass is 9.78. The summed E-state index contributed by atoms with van der Waals surface area (Å²) >= 11 is 4.35. The number of carbonyl (C=O) groups is 9. The Labute approximate surface area is 857 Å². The first-order valence-corrected chi connectivity index (χ1v) is 54.1. The second kappa shape index (κ2) is 47.4. The Kier molecular flexibility index (Phi) is 34.3. The highest BCUT2D eigenvalue weighted by Crippen LogP contribution is 2.43. The van der Waals surface area contributed by atoms with Gasteiger partial charge in [0.25, 0.3) is 5.91 Å². The van der Waals surface area contributed by atoms with Crippen LogP contribution in [0.2, 0.25) is 0 Å². The first-order chi connectivity index (χ1) is 69.4. The zero-order valence-electron chi connectivity index (χ0n) is 84.2. The van der Waals surface area contributed by atoms with Crippen LogP contribution in [0.1, 0.15) is 286 Å². The van der Waals surface area contributed by atoms with Gasteiger partial charge in [0, 0.05) is 142 Å². The van der Waals surface area contributed by atoms with Gasteiger partial charge >= 0.3 is 17.9 Å². The number of nitrogens with one attached hydrogen (secondary N) is 1. The Morgan fingerprint density at radius 2 is 0.701 bits per heavy atom. The number of carboxylic acids is 3. The minimum absolute atomic E-state index is 0.0268. The Morgan fingerprint density at radius 1 is 0.361 bits per heavy atom. The second-order valence-electron chi connectivity index (χ2n) is 42.1. The van der Waals surface area contributed by atoms with Gasteiger partial charge < -0.3 is 35.3 Å². The lowest BCUT2D eigenvalue weighted by molar-refractivity contribution is -0.153. The smallest absolute Gasteiger partial charge is 0.326 e. The van der Waals surface area contributed by atoms with Crippen molar-refractivity contribution in [3.8, 4) is 67.5 Å². The van der Waals surface area contributed by atoms with Crippen molar-refractivity contribution in [1.29, 1.82) is 0 Å². The Balaban J connectivity index is 0.000000155. The maximum Gasteiger partial charge on any atom is 0.326 e. The van der Waals surface area contributed by atoms with Crippen LogP contribution in [0, 0.1) is 29.6 Å². The molecular weight excluding hydrogens is 1860 g/mol. The first kappa shape index (κ1) is 104. The van der Waals surface area contributed by atoms with E-state index in [2.05, 4.69) is 163 Å². The van der Waals surface area contributed by atoms with Crippen LogP contribution >= 0.6 is 34.0 Å². The molecule has 0 bridgehead atoms. The number of hydrogen-bond acceptors (Lipinski definition) is 18. The number of amides is 4. The number of aliphatic carboxylic acids is 3. The standard InChI is InChI=1S/C42H49N3O4S.C39H43N3O4S.C38H42N4O4S/c1-5-27-8-12-29(13-9-27)30-16-18-31(19-17-30)34-25-43-39(44-26-34)32-14-10-28(11-15-32)23-33(40(47)45-22-6-7-35(45)41(48)49)24-36(46)37-20-21-38(50-37)42(2,3)4;1-39(2,3)35-19-18-34(47-35)33(43)22-30(37(44)42-20-6-9-32(42)38(45)46)21-25-10-12-29(13-11-25)36-40-23-31(24-41-36)28-16-14-27(15-17-28)26-7-4-5-8-26;1-3-24-5-9-26(10-6-24)27-13-15-28(16-14-27)30-20-39-35(40-21-30)29-11-7-25(8-12-29)19-33(37(44)42-22-31(23-42)38(45)46)41-36(43)34-18-17-32(4-2)47-34/h10-11,14-21,25-27,29,33,35H,5-9,12-13,22-24H2,1-4H3,(H,48,49);10-19,23-24,26,30,32H,4-9,20-22H2,1-3H3,(H,45,46);7-8,11-18,20-21,24,26,31,33H,3-6,9-10,19,22-23H2,1-2H3,(H,41,43)(H,45,46)/t27?,29?,33-,35+;30-,32+;24?,26?,33-/m110/s1. The molecule has 6 aliphatic rings. The topological polar surface area (TPSA) is 313 Å². The van der Waals surface area contributed by atoms with Crippen molar-refractivity contribution in [2.24, 2.45) is 29.6 Å². The number of carboxylic acid groups (broad SMARTS) is 3. The number of benzene rings is 6. The van der Waals surface area contributed by atoms with Crippen LogP contribution in [0.4, 0.5) is 0 Å². The van der Waals surface area contributed by atoms with E-state index in [1.807, 2.05) is 147 Å². The van der Waals surface area contributed by atoms with Gasteiger partial charge in [-0.15, -0.1) is 34.0 Å². The molecule has 12 aromatic rings.